The van der Waals surface area contributed by atoms with Crippen molar-refractivity contribution < 1.29 is 0 Å². The molecule has 0 fully saturated rings. The van der Waals surface area contributed by atoms with E-state index in [4.69, 9.17) is 0 Å². The summed E-state index contributed by atoms with van der Waals surface area (Å²) in [5, 5.41) is 11.0. The standard InChI is InChI=1S/C9H12N4/c1-7(2)11-8-3-4-9-12-10-6-13(9)5-8/h3-7,11H,1-2H3. The van der Waals surface area contributed by atoms with Gasteiger partial charge in [0, 0.05) is 12.2 Å². The first-order valence-electron chi connectivity index (χ1n) is 4.31. The zero-order chi connectivity index (χ0) is 9.26. The third-order valence-corrected chi connectivity index (χ3v) is 1.75. The van der Waals surface area contributed by atoms with Crippen LogP contribution >= 0.6 is 0 Å². The zero-order valence-corrected chi connectivity index (χ0v) is 7.73. The molecule has 0 aliphatic rings. The van der Waals surface area contributed by atoms with Crippen molar-refractivity contribution in [2.75, 3.05) is 5.32 Å². The highest BCUT2D eigenvalue weighted by Gasteiger charge is 1.97. The molecule has 68 valence electrons. The molecule has 0 radical (unpaired) electrons. The Morgan fingerprint density at radius 2 is 2.23 bits per heavy atom. The monoisotopic (exact) mass is 176 g/mol. The number of hydrogen-bond acceptors (Lipinski definition) is 3. The van der Waals surface area contributed by atoms with Gasteiger partial charge in [0.15, 0.2) is 5.65 Å². The average molecular weight is 176 g/mol. The van der Waals surface area contributed by atoms with Crippen molar-refractivity contribution >= 4 is 11.3 Å². The van der Waals surface area contributed by atoms with E-state index in [1.54, 1.807) is 6.33 Å². The number of anilines is 1. The summed E-state index contributed by atoms with van der Waals surface area (Å²) in [6.07, 6.45) is 3.68. The molecule has 2 rings (SSSR count). The minimum Gasteiger partial charge on any atom is -0.382 e. The Bertz CT molecular complexity index is 405. The van der Waals surface area contributed by atoms with Crippen molar-refractivity contribution in [3.05, 3.63) is 24.7 Å². The SMILES string of the molecule is CC(C)Nc1ccc2nncn2c1. The normalized spacial score (nSPS) is 11.0. The summed E-state index contributed by atoms with van der Waals surface area (Å²) in [5.41, 5.74) is 1.96. The molecule has 0 aromatic carbocycles. The molecule has 0 saturated heterocycles. The Kier molecular flexibility index (Phi) is 1.88. The van der Waals surface area contributed by atoms with Gasteiger partial charge in [-0.2, -0.15) is 0 Å². The van der Waals surface area contributed by atoms with Gasteiger partial charge in [-0.3, -0.25) is 4.40 Å². The van der Waals surface area contributed by atoms with Gasteiger partial charge >= 0.3 is 0 Å². The number of hydrogen-bond donors (Lipinski definition) is 1. The zero-order valence-electron chi connectivity index (χ0n) is 7.73. The average Bonchev–Trinajstić information content (AvgIpc) is 2.49. The Balaban J connectivity index is 2.37. The molecule has 2 aromatic heterocycles. The van der Waals surface area contributed by atoms with Crippen LogP contribution in [0.4, 0.5) is 5.69 Å². The number of fused-ring (bicyclic) bond motifs is 1. The van der Waals surface area contributed by atoms with Crippen LogP contribution in [0.15, 0.2) is 24.7 Å². The summed E-state index contributed by atoms with van der Waals surface area (Å²) in [6, 6.07) is 4.38. The van der Waals surface area contributed by atoms with Crippen molar-refractivity contribution in [2.45, 2.75) is 19.9 Å². The fourth-order valence-electron chi connectivity index (χ4n) is 1.25. The lowest BCUT2D eigenvalue weighted by atomic mass is 10.3. The van der Waals surface area contributed by atoms with Crippen LogP contribution in [-0.4, -0.2) is 20.6 Å². The van der Waals surface area contributed by atoms with Gasteiger partial charge < -0.3 is 5.32 Å². The van der Waals surface area contributed by atoms with Crippen LogP contribution in [0.25, 0.3) is 5.65 Å². The van der Waals surface area contributed by atoms with E-state index in [0.717, 1.165) is 11.3 Å². The smallest absolute Gasteiger partial charge is 0.160 e. The van der Waals surface area contributed by atoms with E-state index in [2.05, 4.69) is 29.4 Å². The van der Waals surface area contributed by atoms with Gasteiger partial charge in [-0.05, 0) is 26.0 Å². The van der Waals surface area contributed by atoms with Gasteiger partial charge in [0.2, 0.25) is 0 Å². The second kappa shape index (κ2) is 3.05. The van der Waals surface area contributed by atoms with E-state index in [9.17, 15) is 0 Å². The maximum Gasteiger partial charge on any atom is 0.160 e. The van der Waals surface area contributed by atoms with E-state index >= 15 is 0 Å². The highest BCUT2D eigenvalue weighted by molar-refractivity contribution is 5.49. The largest absolute Gasteiger partial charge is 0.382 e. The second-order valence-electron chi connectivity index (χ2n) is 3.31. The maximum atomic E-state index is 3.92. The quantitative estimate of drug-likeness (QED) is 0.754. The van der Waals surface area contributed by atoms with Crippen LogP contribution in [0.1, 0.15) is 13.8 Å². The van der Waals surface area contributed by atoms with Crippen molar-refractivity contribution in [3.8, 4) is 0 Å². The number of pyridine rings is 1. The Hall–Kier alpha value is -1.58. The molecule has 0 unspecified atom stereocenters. The third-order valence-electron chi connectivity index (χ3n) is 1.75. The molecule has 4 nitrogen and oxygen atoms in total. The first-order valence-corrected chi connectivity index (χ1v) is 4.31. The number of rotatable bonds is 2. The highest BCUT2D eigenvalue weighted by atomic mass is 15.2. The van der Waals surface area contributed by atoms with Gasteiger partial charge in [0.05, 0.1) is 5.69 Å². The lowest BCUT2D eigenvalue weighted by Gasteiger charge is -2.09. The molecular formula is C9H12N4. The minimum absolute atomic E-state index is 0.439. The molecule has 2 heterocycles. The Morgan fingerprint density at radius 1 is 1.38 bits per heavy atom. The predicted octanol–water partition coefficient (Wildman–Crippen LogP) is 1.55. The number of nitrogens with zero attached hydrogens (tertiary/aromatic N) is 3. The lowest BCUT2D eigenvalue weighted by Crippen LogP contribution is -2.09. The molecule has 1 N–H and O–H groups in total. The molecule has 2 aromatic rings. The summed E-state index contributed by atoms with van der Waals surface area (Å²) in [6.45, 7) is 4.21. The molecule has 0 amide bonds. The topological polar surface area (TPSA) is 42.2 Å². The third kappa shape index (κ3) is 1.61. The highest BCUT2D eigenvalue weighted by Crippen LogP contribution is 2.09. The van der Waals surface area contributed by atoms with Crippen molar-refractivity contribution in [3.63, 3.8) is 0 Å². The van der Waals surface area contributed by atoms with Crippen LogP contribution in [0.5, 0.6) is 0 Å². The summed E-state index contributed by atoms with van der Waals surface area (Å²) >= 11 is 0. The van der Waals surface area contributed by atoms with E-state index in [1.807, 2.05) is 22.7 Å². The molecule has 0 aliphatic heterocycles. The summed E-state index contributed by atoms with van der Waals surface area (Å²) in [4.78, 5) is 0. The van der Waals surface area contributed by atoms with Gasteiger partial charge in [0.1, 0.15) is 6.33 Å². The van der Waals surface area contributed by atoms with E-state index < -0.39 is 0 Å². The number of aromatic nitrogens is 3. The number of nitrogens with one attached hydrogen (secondary N) is 1. The lowest BCUT2D eigenvalue weighted by molar-refractivity contribution is 0.896. The first-order chi connectivity index (χ1) is 6.25. The van der Waals surface area contributed by atoms with Crippen molar-refractivity contribution in [2.24, 2.45) is 0 Å². The molecule has 0 saturated carbocycles. The van der Waals surface area contributed by atoms with Gasteiger partial charge in [-0.15, -0.1) is 10.2 Å². The van der Waals surface area contributed by atoms with Crippen LogP contribution < -0.4 is 5.32 Å². The first kappa shape index (κ1) is 8.04. The van der Waals surface area contributed by atoms with Crippen molar-refractivity contribution in [1.82, 2.24) is 14.6 Å². The Labute approximate surface area is 76.6 Å². The van der Waals surface area contributed by atoms with Gasteiger partial charge in [0.25, 0.3) is 0 Å². The predicted molar refractivity (Wildman–Crippen MR) is 51.7 cm³/mol. The molecule has 0 atom stereocenters. The van der Waals surface area contributed by atoms with Crippen molar-refractivity contribution in [1.29, 1.82) is 0 Å². The van der Waals surface area contributed by atoms with Crippen LogP contribution in [-0.2, 0) is 0 Å². The molecule has 13 heavy (non-hydrogen) atoms. The van der Waals surface area contributed by atoms with Gasteiger partial charge in [-0.25, -0.2) is 0 Å². The van der Waals surface area contributed by atoms with Gasteiger partial charge in [-0.1, -0.05) is 0 Å². The van der Waals surface area contributed by atoms with Crippen LogP contribution in [0, 0.1) is 0 Å². The maximum absolute atomic E-state index is 3.92. The fourth-order valence-corrected chi connectivity index (χ4v) is 1.25. The summed E-state index contributed by atoms with van der Waals surface area (Å²) in [5.74, 6) is 0. The molecular weight excluding hydrogens is 164 g/mol. The van der Waals surface area contributed by atoms with Crippen LogP contribution in [0.3, 0.4) is 0 Å². The molecule has 4 heteroatoms. The fraction of sp³-hybridized carbons (Fsp3) is 0.333. The summed E-state index contributed by atoms with van der Waals surface area (Å²) < 4.78 is 1.89. The van der Waals surface area contributed by atoms with Crippen LogP contribution in [0.2, 0.25) is 0 Å². The summed E-state index contributed by atoms with van der Waals surface area (Å²) in [7, 11) is 0. The minimum atomic E-state index is 0.439. The van der Waals surface area contributed by atoms with E-state index in [1.165, 1.54) is 0 Å². The molecule has 0 bridgehead atoms. The Morgan fingerprint density at radius 3 is 3.00 bits per heavy atom. The molecule has 0 spiro atoms. The molecule has 0 aliphatic carbocycles. The second-order valence-corrected chi connectivity index (χ2v) is 3.31. The van der Waals surface area contributed by atoms with E-state index in [-0.39, 0.29) is 0 Å². The van der Waals surface area contributed by atoms with E-state index in [0.29, 0.717) is 6.04 Å².